The van der Waals surface area contributed by atoms with E-state index in [9.17, 15) is 4.79 Å². The summed E-state index contributed by atoms with van der Waals surface area (Å²) in [4.78, 5) is 11.8. The molecule has 1 heterocycles. The zero-order valence-corrected chi connectivity index (χ0v) is 14.7. The highest BCUT2D eigenvalue weighted by Crippen LogP contribution is 2.27. The van der Waals surface area contributed by atoms with Gasteiger partial charge in [-0.15, -0.1) is 10.2 Å². The summed E-state index contributed by atoms with van der Waals surface area (Å²) in [6.07, 6.45) is 0.905. The SMILES string of the molecule is CCC(C)(C)NC(=O)CSc1nnc(NC(C)(C)C)s1. The number of carbonyl (C=O) groups is 1. The quantitative estimate of drug-likeness (QED) is 0.789. The number of hydrogen-bond acceptors (Lipinski definition) is 6. The normalized spacial score (nSPS) is 12.3. The van der Waals surface area contributed by atoms with Crippen molar-refractivity contribution in [1.29, 1.82) is 0 Å². The minimum atomic E-state index is -0.155. The first-order chi connectivity index (χ1) is 9.11. The molecule has 0 unspecified atom stereocenters. The van der Waals surface area contributed by atoms with Gasteiger partial charge < -0.3 is 10.6 Å². The van der Waals surface area contributed by atoms with Gasteiger partial charge >= 0.3 is 0 Å². The molecule has 7 heteroatoms. The summed E-state index contributed by atoms with van der Waals surface area (Å²) in [7, 11) is 0. The van der Waals surface area contributed by atoms with Gasteiger partial charge in [0.05, 0.1) is 5.75 Å². The molecule has 1 aromatic heterocycles. The van der Waals surface area contributed by atoms with Crippen molar-refractivity contribution in [3.05, 3.63) is 0 Å². The van der Waals surface area contributed by atoms with E-state index < -0.39 is 0 Å². The zero-order chi connectivity index (χ0) is 15.4. The van der Waals surface area contributed by atoms with Gasteiger partial charge in [0.15, 0.2) is 4.34 Å². The lowest BCUT2D eigenvalue weighted by molar-refractivity contribution is -0.120. The van der Waals surface area contributed by atoms with Crippen LogP contribution in [0.15, 0.2) is 4.34 Å². The first kappa shape index (κ1) is 17.2. The average molecular weight is 316 g/mol. The molecule has 1 aromatic rings. The van der Waals surface area contributed by atoms with Crippen molar-refractivity contribution in [3.8, 4) is 0 Å². The third-order valence-corrected chi connectivity index (χ3v) is 4.55. The largest absolute Gasteiger partial charge is 0.355 e. The molecule has 0 saturated heterocycles. The van der Waals surface area contributed by atoms with Gasteiger partial charge in [-0.3, -0.25) is 4.79 Å². The molecule has 0 bridgehead atoms. The Labute approximate surface area is 129 Å². The molecule has 5 nitrogen and oxygen atoms in total. The predicted molar refractivity (Wildman–Crippen MR) is 86.5 cm³/mol. The Kier molecular flexibility index (Phi) is 5.82. The summed E-state index contributed by atoms with van der Waals surface area (Å²) in [6.45, 7) is 12.3. The van der Waals surface area contributed by atoms with Crippen LogP contribution in [-0.2, 0) is 4.79 Å². The highest BCUT2D eigenvalue weighted by Gasteiger charge is 2.18. The van der Waals surface area contributed by atoms with Crippen LogP contribution in [-0.4, -0.2) is 32.9 Å². The van der Waals surface area contributed by atoms with Crippen LogP contribution in [0.3, 0.4) is 0 Å². The van der Waals surface area contributed by atoms with Gasteiger partial charge in [0.25, 0.3) is 0 Å². The predicted octanol–water partition coefficient (Wildman–Crippen LogP) is 3.15. The second-order valence-electron chi connectivity index (χ2n) is 6.32. The van der Waals surface area contributed by atoms with Crippen molar-refractivity contribution in [2.75, 3.05) is 11.1 Å². The minimum Gasteiger partial charge on any atom is -0.355 e. The van der Waals surface area contributed by atoms with Crippen LogP contribution in [0.2, 0.25) is 0 Å². The van der Waals surface area contributed by atoms with Crippen molar-refractivity contribution >= 4 is 34.1 Å². The van der Waals surface area contributed by atoms with E-state index in [1.807, 2.05) is 13.8 Å². The average Bonchev–Trinajstić information content (AvgIpc) is 2.71. The maximum absolute atomic E-state index is 11.8. The molecular weight excluding hydrogens is 292 g/mol. The number of nitrogens with one attached hydrogen (secondary N) is 2. The molecule has 114 valence electrons. The van der Waals surface area contributed by atoms with Crippen LogP contribution >= 0.6 is 23.1 Å². The van der Waals surface area contributed by atoms with Crippen molar-refractivity contribution in [2.24, 2.45) is 0 Å². The Morgan fingerprint density at radius 2 is 1.90 bits per heavy atom. The summed E-state index contributed by atoms with van der Waals surface area (Å²) in [5.41, 5.74) is -0.193. The zero-order valence-electron chi connectivity index (χ0n) is 13.0. The molecule has 0 spiro atoms. The van der Waals surface area contributed by atoms with Crippen LogP contribution in [0.5, 0.6) is 0 Å². The maximum atomic E-state index is 11.8. The van der Waals surface area contributed by atoms with E-state index in [2.05, 4.69) is 48.5 Å². The Hall–Kier alpha value is -0.820. The second-order valence-corrected chi connectivity index (χ2v) is 8.52. The summed E-state index contributed by atoms with van der Waals surface area (Å²) in [6, 6.07) is 0. The highest BCUT2D eigenvalue weighted by molar-refractivity contribution is 8.01. The third-order valence-electron chi connectivity index (χ3n) is 2.58. The van der Waals surface area contributed by atoms with Crippen LogP contribution in [0.1, 0.15) is 48.0 Å². The number of rotatable bonds is 6. The number of aromatic nitrogens is 2. The summed E-state index contributed by atoms with van der Waals surface area (Å²) in [5.74, 6) is 0.399. The van der Waals surface area contributed by atoms with E-state index in [0.29, 0.717) is 5.75 Å². The fraction of sp³-hybridized carbons (Fsp3) is 0.769. The van der Waals surface area contributed by atoms with Gasteiger partial charge in [0, 0.05) is 11.1 Å². The smallest absolute Gasteiger partial charge is 0.230 e. The molecule has 0 saturated carbocycles. The maximum Gasteiger partial charge on any atom is 0.230 e. The molecule has 1 rings (SSSR count). The molecule has 1 amide bonds. The molecule has 0 aromatic carbocycles. The molecular formula is C13H24N4OS2. The summed E-state index contributed by atoms with van der Waals surface area (Å²) >= 11 is 2.89. The van der Waals surface area contributed by atoms with Crippen molar-refractivity contribution in [2.45, 2.75) is 63.4 Å². The van der Waals surface area contributed by atoms with Gasteiger partial charge in [0.2, 0.25) is 11.0 Å². The van der Waals surface area contributed by atoms with Crippen molar-refractivity contribution < 1.29 is 4.79 Å². The molecule has 2 N–H and O–H groups in total. The van der Waals surface area contributed by atoms with E-state index in [-0.39, 0.29) is 17.0 Å². The molecule has 0 radical (unpaired) electrons. The fourth-order valence-electron chi connectivity index (χ4n) is 1.27. The highest BCUT2D eigenvalue weighted by atomic mass is 32.2. The number of carbonyl (C=O) groups excluding carboxylic acids is 1. The first-order valence-corrected chi connectivity index (χ1v) is 8.47. The summed E-state index contributed by atoms with van der Waals surface area (Å²) < 4.78 is 0.807. The molecule has 0 fully saturated rings. The molecule has 0 aliphatic carbocycles. The molecule has 0 aliphatic heterocycles. The second kappa shape index (κ2) is 6.76. The van der Waals surface area contributed by atoms with Gasteiger partial charge in [-0.1, -0.05) is 30.0 Å². The Bertz CT molecular complexity index is 451. The van der Waals surface area contributed by atoms with E-state index in [1.165, 1.54) is 23.1 Å². The van der Waals surface area contributed by atoms with Gasteiger partial charge in [-0.05, 0) is 41.0 Å². The van der Waals surface area contributed by atoms with Crippen LogP contribution < -0.4 is 10.6 Å². The lowest BCUT2D eigenvalue weighted by Crippen LogP contribution is -2.43. The third kappa shape index (κ3) is 6.56. The molecule has 0 aliphatic rings. The number of anilines is 1. The van der Waals surface area contributed by atoms with Crippen LogP contribution in [0.25, 0.3) is 0 Å². The Morgan fingerprint density at radius 3 is 2.45 bits per heavy atom. The number of hydrogen-bond donors (Lipinski definition) is 2. The van der Waals surface area contributed by atoms with Crippen molar-refractivity contribution in [1.82, 2.24) is 15.5 Å². The van der Waals surface area contributed by atoms with Gasteiger partial charge in [0.1, 0.15) is 0 Å². The van der Waals surface area contributed by atoms with Crippen LogP contribution in [0.4, 0.5) is 5.13 Å². The topological polar surface area (TPSA) is 66.9 Å². The van der Waals surface area contributed by atoms with E-state index in [0.717, 1.165) is 15.9 Å². The monoisotopic (exact) mass is 316 g/mol. The summed E-state index contributed by atoms with van der Waals surface area (Å²) in [5, 5.41) is 15.2. The number of amides is 1. The fourth-order valence-corrected chi connectivity index (χ4v) is 3.03. The number of nitrogens with zero attached hydrogens (tertiary/aromatic N) is 2. The Balaban J connectivity index is 2.45. The lowest BCUT2D eigenvalue weighted by Gasteiger charge is -2.24. The minimum absolute atomic E-state index is 0.0300. The van der Waals surface area contributed by atoms with E-state index >= 15 is 0 Å². The standard InChI is InChI=1S/C13H24N4OS2/c1-7-13(5,6)14-9(18)8-19-11-17-16-10(20-11)15-12(2,3)4/h7-8H2,1-6H3,(H,14,18)(H,15,16). The van der Waals surface area contributed by atoms with Gasteiger partial charge in [-0.2, -0.15) is 0 Å². The first-order valence-electron chi connectivity index (χ1n) is 6.67. The van der Waals surface area contributed by atoms with Crippen molar-refractivity contribution in [3.63, 3.8) is 0 Å². The van der Waals surface area contributed by atoms with E-state index in [4.69, 9.17) is 0 Å². The van der Waals surface area contributed by atoms with Gasteiger partial charge in [-0.25, -0.2) is 0 Å². The molecule has 0 atom stereocenters. The van der Waals surface area contributed by atoms with Crippen LogP contribution in [0, 0.1) is 0 Å². The van der Waals surface area contributed by atoms with E-state index in [1.54, 1.807) is 0 Å². The molecule has 20 heavy (non-hydrogen) atoms. The lowest BCUT2D eigenvalue weighted by atomic mass is 10.0. The number of thioether (sulfide) groups is 1. The Morgan fingerprint density at radius 1 is 1.25 bits per heavy atom.